The van der Waals surface area contributed by atoms with E-state index in [4.69, 9.17) is 4.74 Å². The van der Waals surface area contributed by atoms with Crippen LogP contribution in [-0.2, 0) is 9.53 Å². The van der Waals surface area contributed by atoms with Gasteiger partial charge in [-0.3, -0.25) is 4.79 Å². The number of carbonyl (C=O) groups excluding carboxylic acids is 1. The van der Waals surface area contributed by atoms with Gasteiger partial charge in [-0.1, -0.05) is 70.3 Å². The highest BCUT2D eigenvalue weighted by atomic mass is 16.5. The van der Waals surface area contributed by atoms with Gasteiger partial charge in [-0.15, -0.1) is 0 Å². The first kappa shape index (κ1) is 24.9. The van der Waals surface area contributed by atoms with Crippen LogP contribution in [0.4, 0.5) is 0 Å². The molecule has 162 valence electrons. The fraction of sp³-hybridized carbons (Fsp3) is 0.800. The Balaban J connectivity index is 1.85. The number of hydrogen-bond donors (Lipinski definition) is 0. The molecule has 1 rings (SSSR count). The van der Waals surface area contributed by atoms with Gasteiger partial charge in [0.25, 0.3) is 0 Å². The molecule has 1 aliphatic heterocycles. The zero-order chi connectivity index (χ0) is 20.5. The summed E-state index contributed by atoms with van der Waals surface area (Å²) in [6.45, 7) is 7.27. The SMILES string of the molecule is CCCCC/C=C\C/C=C\CCCCCCCC(=O)OCC1CN(C)C[C@H]1C. The second-order valence-electron chi connectivity index (χ2n) is 8.62. The Bertz CT molecular complexity index is 444. The molecular formula is C25H45NO2. The standard InChI is InChI=1S/C25H45NO2/c1-4-5-6-7-8-9-10-11-12-13-14-15-16-17-18-19-25(27)28-22-24-21-26(3)20-23(24)2/h8-9,11-12,23-24H,4-7,10,13-22H2,1-3H3/b9-8-,12-11-/t23-,24?/m1/s1. The third kappa shape index (κ3) is 13.1. The topological polar surface area (TPSA) is 29.5 Å². The molecule has 3 heteroatoms. The van der Waals surface area contributed by atoms with Crippen molar-refractivity contribution in [3.8, 4) is 0 Å². The van der Waals surface area contributed by atoms with Crippen LogP contribution >= 0.6 is 0 Å². The molecule has 0 spiro atoms. The summed E-state index contributed by atoms with van der Waals surface area (Å²) >= 11 is 0. The largest absolute Gasteiger partial charge is 0.465 e. The number of ether oxygens (including phenoxy) is 1. The summed E-state index contributed by atoms with van der Waals surface area (Å²) in [5.41, 5.74) is 0. The predicted octanol–water partition coefficient (Wildman–Crippen LogP) is 6.54. The van der Waals surface area contributed by atoms with Crippen molar-refractivity contribution in [1.29, 1.82) is 0 Å². The minimum Gasteiger partial charge on any atom is -0.465 e. The van der Waals surface area contributed by atoms with Crippen molar-refractivity contribution < 1.29 is 9.53 Å². The summed E-state index contributed by atoms with van der Waals surface area (Å²) in [5, 5.41) is 0. The Morgan fingerprint density at radius 3 is 2.21 bits per heavy atom. The Hall–Kier alpha value is -1.09. The van der Waals surface area contributed by atoms with Crippen LogP contribution in [0.15, 0.2) is 24.3 Å². The molecule has 0 N–H and O–H groups in total. The van der Waals surface area contributed by atoms with Crippen molar-refractivity contribution >= 4 is 5.97 Å². The predicted molar refractivity (Wildman–Crippen MR) is 120 cm³/mol. The first-order chi connectivity index (χ1) is 13.6. The van der Waals surface area contributed by atoms with Gasteiger partial charge in [0, 0.05) is 25.4 Å². The molecule has 1 fully saturated rings. The highest BCUT2D eigenvalue weighted by Crippen LogP contribution is 2.21. The van der Waals surface area contributed by atoms with Crippen molar-refractivity contribution in [3.05, 3.63) is 24.3 Å². The lowest BCUT2D eigenvalue weighted by molar-refractivity contribution is -0.145. The summed E-state index contributed by atoms with van der Waals surface area (Å²) < 4.78 is 5.48. The van der Waals surface area contributed by atoms with E-state index < -0.39 is 0 Å². The van der Waals surface area contributed by atoms with E-state index in [2.05, 4.69) is 50.1 Å². The van der Waals surface area contributed by atoms with Crippen LogP contribution < -0.4 is 0 Å². The molecule has 0 aromatic carbocycles. The van der Waals surface area contributed by atoms with Crippen LogP contribution in [0.2, 0.25) is 0 Å². The van der Waals surface area contributed by atoms with Crippen LogP contribution in [-0.4, -0.2) is 37.6 Å². The third-order valence-electron chi connectivity index (χ3n) is 5.74. The smallest absolute Gasteiger partial charge is 0.305 e. The van der Waals surface area contributed by atoms with Crippen molar-refractivity contribution in [1.82, 2.24) is 4.90 Å². The Labute approximate surface area is 174 Å². The van der Waals surface area contributed by atoms with Gasteiger partial charge in [-0.05, 0) is 51.5 Å². The summed E-state index contributed by atoms with van der Waals surface area (Å²) in [4.78, 5) is 14.2. The van der Waals surface area contributed by atoms with Gasteiger partial charge in [-0.25, -0.2) is 0 Å². The van der Waals surface area contributed by atoms with Gasteiger partial charge in [0.15, 0.2) is 0 Å². The lowest BCUT2D eigenvalue weighted by Gasteiger charge is -2.14. The van der Waals surface area contributed by atoms with Crippen LogP contribution in [0.3, 0.4) is 0 Å². The number of nitrogens with zero attached hydrogens (tertiary/aromatic N) is 1. The molecule has 0 bridgehead atoms. The van der Waals surface area contributed by atoms with Crippen molar-refractivity contribution in [2.45, 2.75) is 90.9 Å². The molecule has 1 unspecified atom stereocenters. The van der Waals surface area contributed by atoms with Gasteiger partial charge in [0.2, 0.25) is 0 Å². The first-order valence-corrected chi connectivity index (χ1v) is 11.8. The van der Waals surface area contributed by atoms with Crippen LogP contribution in [0, 0.1) is 11.8 Å². The second kappa shape index (κ2) is 16.8. The molecule has 0 aliphatic carbocycles. The molecule has 28 heavy (non-hydrogen) atoms. The Morgan fingerprint density at radius 2 is 1.57 bits per heavy atom. The maximum absolute atomic E-state index is 11.9. The lowest BCUT2D eigenvalue weighted by atomic mass is 9.99. The fourth-order valence-corrected chi connectivity index (χ4v) is 3.87. The summed E-state index contributed by atoms with van der Waals surface area (Å²) in [7, 11) is 2.14. The maximum atomic E-state index is 11.9. The number of carbonyl (C=O) groups is 1. The molecule has 3 nitrogen and oxygen atoms in total. The molecule has 1 aliphatic rings. The molecule has 0 amide bonds. The van der Waals surface area contributed by atoms with E-state index in [1.807, 2.05) is 0 Å². The number of hydrogen-bond acceptors (Lipinski definition) is 3. The van der Waals surface area contributed by atoms with Gasteiger partial charge >= 0.3 is 5.97 Å². The van der Waals surface area contributed by atoms with E-state index in [0.29, 0.717) is 24.9 Å². The number of allylic oxidation sites excluding steroid dienone is 4. The van der Waals surface area contributed by atoms with Crippen LogP contribution in [0.25, 0.3) is 0 Å². The Kier molecular flexibility index (Phi) is 15.0. The molecule has 0 radical (unpaired) electrons. The average Bonchev–Trinajstić information content (AvgIpc) is 3.00. The quantitative estimate of drug-likeness (QED) is 0.170. The van der Waals surface area contributed by atoms with Gasteiger partial charge in [0.05, 0.1) is 6.61 Å². The molecule has 0 aromatic rings. The third-order valence-corrected chi connectivity index (χ3v) is 5.74. The van der Waals surface area contributed by atoms with Crippen molar-refractivity contribution in [2.24, 2.45) is 11.8 Å². The molecule has 1 heterocycles. The lowest BCUT2D eigenvalue weighted by Crippen LogP contribution is -2.20. The monoisotopic (exact) mass is 391 g/mol. The molecule has 0 saturated carbocycles. The number of likely N-dealkylation sites (tertiary alicyclic amines) is 1. The highest BCUT2D eigenvalue weighted by molar-refractivity contribution is 5.69. The Morgan fingerprint density at radius 1 is 0.929 bits per heavy atom. The molecule has 1 saturated heterocycles. The number of unbranched alkanes of at least 4 members (excludes halogenated alkanes) is 8. The number of esters is 1. The summed E-state index contributed by atoms with van der Waals surface area (Å²) in [6, 6.07) is 0. The maximum Gasteiger partial charge on any atom is 0.305 e. The van der Waals surface area contributed by atoms with Gasteiger partial charge in [-0.2, -0.15) is 0 Å². The fourth-order valence-electron chi connectivity index (χ4n) is 3.87. The van der Waals surface area contributed by atoms with Crippen molar-refractivity contribution in [3.63, 3.8) is 0 Å². The zero-order valence-corrected chi connectivity index (χ0v) is 18.8. The number of rotatable bonds is 16. The molecule has 0 aromatic heterocycles. The highest BCUT2D eigenvalue weighted by Gasteiger charge is 2.28. The van der Waals surface area contributed by atoms with E-state index in [0.717, 1.165) is 32.4 Å². The molecular weight excluding hydrogens is 346 g/mol. The van der Waals surface area contributed by atoms with Gasteiger partial charge < -0.3 is 9.64 Å². The van der Waals surface area contributed by atoms with Crippen LogP contribution in [0.1, 0.15) is 90.9 Å². The summed E-state index contributed by atoms with van der Waals surface area (Å²) in [6.07, 6.45) is 23.1. The minimum absolute atomic E-state index is 0.00700. The van der Waals surface area contributed by atoms with E-state index in [9.17, 15) is 4.79 Å². The van der Waals surface area contributed by atoms with Crippen LogP contribution in [0.5, 0.6) is 0 Å². The minimum atomic E-state index is -0.00700. The van der Waals surface area contributed by atoms with Crippen molar-refractivity contribution in [2.75, 3.05) is 26.7 Å². The van der Waals surface area contributed by atoms with E-state index >= 15 is 0 Å². The second-order valence-corrected chi connectivity index (χ2v) is 8.62. The molecule has 2 atom stereocenters. The summed E-state index contributed by atoms with van der Waals surface area (Å²) in [5.74, 6) is 1.14. The normalized spacial score (nSPS) is 20.5. The zero-order valence-electron chi connectivity index (χ0n) is 18.8. The average molecular weight is 392 g/mol. The van der Waals surface area contributed by atoms with Gasteiger partial charge in [0.1, 0.15) is 0 Å². The van der Waals surface area contributed by atoms with E-state index in [1.165, 1.54) is 51.4 Å². The van der Waals surface area contributed by atoms with E-state index in [-0.39, 0.29) is 5.97 Å². The van der Waals surface area contributed by atoms with E-state index in [1.54, 1.807) is 0 Å². The first-order valence-electron chi connectivity index (χ1n) is 11.8.